The molecule has 1 aliphatic rings. The molecule has 6 N–H and O–H groups in total. The van der Waals surface area contributed by atoms with Crippen molar-refractivity contribution in [1.29, 1.82) is 0 Å². The highest BCUT2D eigenvalue weighted by Crippen LogP contribution is 2.26. The number of carbonyl (C=O) groups excluding carboxylic acids is 2. The third-order valence-corrected chi connectivity index (χ3v) is 13.8. The molecule has 11 heteroatoms. The Balaban J connectivity index is 2.74. The summed E-state index contributed by atoms with van der Waals surface area (Å²) in [6.07, 6.45) is 56.2. The summed E-state index contributed by atoms with van der Waals surface area (Å²) in [6, 6.07) is -1.05. The third-order valence-electron chi connectivity index (χ3n) is 13.8. The number of nitrogens with one attached hydrogen (secondary N) is 1. The van der Waals surface area contributed by atoms with Gasteiger partial charge in [-0.05, 0) is 77.0 Å². The van der Waals surface area contributed by atoms with Gasteiger partial charge in [0.1, 0.15) is 24.4 Å². The van der Waals surface area contributed by atoms with Gasteiger partial charge >= 0.3 is 5.97 Å². The Morgan fingerprint density at radius 3 is 1.43 bits per heavy atom. The van der Waals surface area contributed by atoms with E-state index in [4.69, 9.17) is 14.2 Å². The van der Waals surface area contributed by atoms with Gasteiger partial charge in [-0.2, -0.15) is 0 Å². The van der Waals surface area contributed by atoms with Gasteiger partial charge in [0.2, 0.25) is 5.91 Å². The van der Waals surface area contributed by atoms with Crippen LogP contribution in [0, 0.1) is 0 Å². The van der Waals surface area contributed by atoms with E-state index in [1.807, 2.05) is 12.2 Å². The van der Waals surface area contributed by atoms with E-state index in [0.717, 1.165) is 83.5 Å². The molecule has 0 saturated carbocycles. The Morgan fingerprint density at radius 2 is 0.960 bits per heavy atom. The van der Waals surface area contributed by atoms with Crippen LogP contribution in [0.4, 0.5) is 0 Å². The zero-order valence-corrected chi connectivity index (χ0v) is 47.6. The van der Waals surface area contributed by atoms with E-state index in [1.54, 1.807) is 6.08 Å². The van der Waals surface area contributed by atoms with Crippen LogP contribution < -0.4 is 5.32 Å². The van der Waals surface area contributed by atoms with Crippen LogP contribution in [0.5, 0.6) is 0 Å². The van der Waals surface area contributed by atoms with Crippen LogP contribution in [-0.2, 0) is 23.8 Å². The van der Waals surface area contributed by atoms with Gasteiger partial charge in [0, 0.05) is 6.42 Å². The van der Waals surface area contributed by atoms with Crippen LogP contribution in [-0.4, -0.2) is 99.6 Å². The molecule has 432 valence electrons. The number of hydrogen-bond donors (Lipinski definition) is 6. The van der Waals surface area contributed by atoms with E-state index in [-0.39, 0.29) is 19.4 Å². The van der Waals surface area contributed by atoms with Gasteiger partial charge in [-0.3, -0.25) is 9.59 Å². The van der Waals surface area contributed by atoms with Crippen LogP contribution in [0.2, 0.25) is 0 Å². The van der Waals surface area contributed by atoms with Gasteiger partial charge < -0.3 is 45.1 Å². The number of aliphatic hydroxyl groups excluding tert-OH is 5. The fraction of sp³-hybridized carbons (Fsp3) is 0.750. The monoisotopic (exact) mass is 1050 g/mol. The van der Waals surface area contributed by atoms with Gasteiger partial charge in [-0.1, -0.05) is 247 Å². The second kappa shape index (κ2) is 51.6. The van der Waals surface area contributed by atoms with Gasteiger partial charge in [-0.25, -0.2) is 0 Å². The molecule has 0 radical (unpaired) electrons. The second-order valence-corrected chi connectivity index (χ2v) is 20.7. The Labute approximate surface area is 457 Å². The van der Waals surface area contributed by atoms with Crippen LogP contribution in [0.15, 0.2) is 85.1 Å². The molecule has 0 spiro atoms. The first kappa shape index (κ1) is 69.9. The average Bonchev–Trinajstić information content (AvgIpc) is 3.41. The van der Waals surface area contributed by atoms with E-state index in [1.165, 1.54) is 109 Å². The SMILES string of the molecule is CC/C=C\C/C=C\C/C=C\C/C=C\C/C=C\C/C=C\CCCC(O)C(=O)NC(COC1OC(CO)C(O)C(O)C1OC(=O)CCCCCCCCCCCCCCCC)C(O)/C=C/CCCCCCCCCCCC. The first-order chi connectivity index (χ1) is 36.7. The maximum atomic E-state index is 13.4. The fourth-order valence-corrected chi connectivity index (χ4v) is 9.01. The van der Waals surface area contributed by atoms with Crippen molar-refractivity contribution in [3.63, 3.8) is 0 Å². The van der Waals surface area contributed by atoms with Crippen molar-refractivity contribution in [1.82, 2.24) is 5.32 Å². The Morgan fingerprint density at radius 1 is 0.533 bits per heavy atom. The molecule has 0 aromatic rings. The van der Waals surface area contributed by atoms with Gasteiger partial charge in [0.25, 0.3) is 0 Å². The summed E-state index contributed by atoms with van der Waals surface area (Å²) in [5.41, 5.74) is 0. The van der Waals surface area contributed by atoms with Crippen molar-refractivity contribution in [3.05, 3.63) is 85.1 Å². The number of carbonyl (C=O) groups is 2. The largest absolute Gasteiger partial charge is 0.454 e. The Kier molecular flexibility index (Phi) is 48.0. The average molecular weight is 1050 g/mol. The number of hydrogen-bond acceptors (Lipinski definition) is 10. The number of unbranched alkanes of at least 4 members (excludes halogenated alkanes) is 24. The maximum absolute atomic E-state index is 13.4. The van der Waals surface area contributed by atoms with Crippen molar-refractivity contribution >= 4 is 11.9 Å². The van der Waals surface area contributed by atoms with E-state index < -0.39 is 67.4 Å². The highest BCUT2D eigenvalue weighted by molar-refractivity contribution is 5.80. The van der Waals surface area contributed by atoms with Gasteiger partial charge in [0.15, 0.2) is 12.4 Å². The molecule has 1 heterocycles. The van der Waals surface area contributed by atoms with Crippen LogP contribution in [0.25, 0.3) is 0 Å². The van der Waals surface area contributed by atoms with Gasteiger partial charge in [0.05, 0.1) is 25.4 Å². The lowest BCUT2D eigenvalue weighted by Gasteiger charge is -2.41. The molecular formula is C64H111NO10. The molecule has 0 aromatic heterocycles. The molecule has 1 fully saturated rings. The molecule has 1 rings (SSSR count). The molecular weight excluding hydrogens is 943 g/mol. The van der Waals surface area contributed by atoms with E-state index in [2.05, 4.69) is 92.9 Å². The number of allylic oxidation sites excluding steroid dienone is 13. The van der Waals surface area contributed by atoms with Crippen molar-refractivity contribution in [2.75, 3.05) is 13.2 Å². The molecule has 0 aliphatic carbocycles. The number of amides is 1. The molecule has 0 bridgehead atoms. The lowest BCUT2D eigenvalue weighted by Crippen LogP contribution is -2.61. The quantitative estimate of drug-likeness (QED) is 0.0195. The first-order valence-electron chi connectivity index (χ1n) is 30.4. The summed E-state index contributed by atoms with van der Waals surface area (Å²) in [7, 11) is 0. The number of esters is 1. The first-order valence-corrected chi connectivity index (χ1v) is 30.4. The molecule has 0 aromatic carbocycles. The standard InChI is InChI=1S/C64H111NO10/c1-4-7-10-13-16-19-22-25-27-28-29-30-31-32-33-36-39-42-45-48-51-57(68)63(72)65-55(56(67)50-47-44-41-38-35-24-21-18-15-12-9-6-3)54-73-64-62(61(71)60(70)58(53-66)74-64)75-59(69)52-49-46-43-40-37-34-26-23-20-17-14-11-8-5-2/h7,10,16,19,25,27,29-30,32-33,39,42,47,50,55-58,60-62,64,66-68,70-71H,4-6,8-9,11-15,17-18,20-24,26,28,31,34-38,40-41,43-46,48-49,51-54H2,1-3H3,(H,65,72)/b10-7-,19-16-,27-25-,30-29-,33-32-,42-39-,50-47+. The number of ether oxygens (including phenoxy) is 3. The number of aliphatic hydroxyl groups is 5. The van der Waals surface area contributed by atoms with Gasteiger partial charge in [-0.15, -0.1) is 0 Å². The zero-order chi connectivity index (χ0) is 54.7. The van der Waals surface area contributed by atoms with Crippen molar-refractivity contribution in [2.45, 2.75) is 294 Å². The van der Waals surface area contributed by atoms with Crippen molar-refractivity contribution in [2.24, 2.45) is 0 Å². The fourth-order valence-electron chi connectivity index (χ4n) is 9.01. The molecule has 8 unspecified atom stereocenters. The van der Waals surface area contributed by atoms with E-state index in [0.29, 0.717) is 19.3 Å². The lowest BCUT2D eigenvalue weighted by atomic mass is 9.99. The predicted octanol–water partition coefficient (Wildman–Crippen LogP) is 14.2. The second-order valence-electron chi connectivity index (χ2n) is 20.7. The minimum atomic E-state index is -1.62. The summed E-state index contributed by atoms with van der Waals surface area (Å²) >= 11 is 0. The minimum Gasteiger partial charge on any atom is -0.454 e. The Hall–Kier alpha value is -3.16. The van der Waals surface area contributed by atoms with Crippen LogP contribution in [0.3, 0.4) is 0 Å². The van der Waals surface area contributed by atoms with Crippen molar-refractivity contribution < 1.29 is 49.3 Å². The third kappa shape index (κ3) is 39.8. The lowest BCUT2D eigenvalue weighted by molar-refractivity contribution is -0.305. The number of rotatable bonds is 50. The van der Waals surface area contributed by atoms with Crippen molar-refractivity contribution in [3.8, 4) is 0 Å². The molecule has 8 atom stereocenters. The summed E-state index contributed by atoms with van der Waals surface area (Å²) in [4.78, 5) is 26.5. The zero-order valence-electron chi connectivity index (χ0n) is 47.6. The highest BCUT2D eigenvalue weighted by atomic mass is 16.7. The summed E-state index contributed by atoms with van der Waals surface area (Å²) in [5.74, 6) is -1.24. The minimum absolute atomic E-state index is 0.118. The van der Waals surface area contributed by atoms with Crippen LogP contribution in [0.1, 0.15) is 245 Å². The molecule has 11 nitrogen and oxygen atoms in total. The normalized spacial score (nSPS) is 19.8. The topological polar surface area (TPSA) is 175 Å². The summed E-state index contributed by atoms with van der Waals surface area (Å²) in [5, 5.41) is 56.9. The van der Waals surface area contributed by atoms with E-state index in [9.17, 15) is 35.1 Å². The molecule has 1 saturated heterocycles. The molecule has 1 aliphatic heterocycles. The molecule has 1 amide bonds. The smallest absolute Gasteiger partial charge is 0.306 e. The van der Waals surface area contributed by atoms with Crippen LogP contribution >= 0.6 is 0 Å². The molecule has 75 heavy (non-hydrogen) atoms. The Bertz CT molecular complexity index is 1540. The highest BCUT2D eigenvalue weighted by Gasteiger charge is 2.47. The predicted molar refractivity (Wildman–Crippen MR) is 310 cm³/mol. The summed E-state index contributed by atoms with van der Waals surface area (Å²) < 4.78 is 17.6. The maximum Gasteiger partial charge on any atom is 0.306 e. The van der Waals surface area contributed by atoms with E-state index >= 15 is 0 Å². The summed E-state index contributed by atoms with van der Waals surface area (Å²) in [6.45, 7) is 5.64.